The Bertz CT molecular complexity index is 144. The Kier molecular flexibility index (Phi) is 5.45. The summed E-state index contributed by atoms with van der Waals surface area (Å²) in [5.74, 6) is 0. The molecule has 0 amide bonds. The average Bonchev–Trinajstić information content (AvgIpc) is 2.64. The van der Waals surface area contributed by atoms with Crippen LogP contribution in [0.4, 0.5) is 0 Å². The Balaban J connectivity index is 1.99. The van der Waals surface area contributed by atoms with Crippen molar-refractivity contribution in [1.82, 2.24) is 4.90 Å². The van der Waals surface area contributed by atoms with Crippen LogP contribution in [-0.4, -0.2) is 49.0 Å². The van der Waals surface area contributed by atoms with Gasteiger partial charge in [-0.2, -0.15) is 0 Å². The lowest BCUT2D eigenvalue weighted by Gasteiger charge is -2.22. The number of ether oxygens (including phenoxy) is 1. The van der Waals surface area contributed by atoms with Gasteiger partial charge in [-0.15, -0.1) is 0 Å². The van der Waals surface area contributed by atoms with Gasteiger partial charge < -0.3 is 14.7 Å². The van der Waals surface area contributed by atoms with E-state index in [1.807, 2.05) is 6.92 Å². The molecule has 0 radical (unpaired) electrons. The molecule has 84 valence electrons. The van der Waals surface area contributed by atoms with Gasteiger partial charge in [-0.25, -0.2) is 0 Å². The van der Waals surface area contributed by atoms with E-state index in [-0.39, 0.29) is 6.10 Å². The number of hydrogen-bond donors (Lipinski definition) is 1. The Morgan fingerprint density at radius 1 is 1.50 bits per heavy atom. The fourth-order valence-corrected chi connectivity index (χ4v) is 1.85. The summed E-state index contributed by atoms with van der Waals surface area (Å²) in [6, 6.07) is 0.626. The first-order valence-electron chi connectivity index (χ1n) is 5.66. The fraction of sp³-hybridized carbons (Fsp3) is 1.00. The van der Waals surface area contributed by atoms with Crippen LogP contribution in [0.3, 0.4) is 0 Å². The first kappa shape index (κ1) is 12.0. The normalized spacial score (nSPS) is 24.4. The predicted octanol–water partition coefficient (Wildman–Crippen LogP) is 1.26. The SMILES string of the molecule is CC(O)CCCCN(C)C1CCOC1. The van der Waals surface area contributed by atoms with Crippen LogP contribution >= 0.6 is 0 Å². The molecule has 2 unspecified atom stereocenters. The number of likely N-dealkylation sites (N-methyl/N-ethyl adjacent to an activating group) is 1. The van der Waals surface area contributed by atoms with Crippen molar-refractivity contribution in [2.75, 3.05) is 26.8 Å². The van der Waals surface area contributed by atoms with Crippen LogP contribution in [0, 0.1) is 0 Å². The lowest BCUT2D eigenvalue weighted by atomic mass is 10.1. The lowest BCUT2D eigenvalue weighted by Crippen LogP contribution is -2.32. The molecule has 3 nitrogen and oxygen atoms in total. The summed E-state index contributed by atoms with van der Waals surface area (Å²) in [6.45, 7) is 4.80. The van der Waals surface area contributed by atoms with Crippen molar-refractivity contribution in [3.8, 4) is 0 Å². The van der Waals surface area contributed by atoms with Gasteiger partial charge in [0.15, 0.2) is 0 Å². The third kappa shape index (κ3) is 4.40. The average molecular weight is 201 g/mol. The molecule has 0 aromatic rings. The largest absolute Gasteiger partial charge is 0.393 e. The highest BCUT2D eigenvalue weighted by molar-refractivity contribution is 4.72. The molecule has 14 heavy (non-hydrogen) atoms. The highest BCUT2D eigenvalue weighted by Crippen LogP contribution is 2.11. The van der Waals surface area contributed by atoms with E-state index in [0.717, 1.165) is 32.6 Å². The van der Waals surface area contributed by atoms with Crippen LogP contribution in [0.1, 0.15) is 32.6 Å². The molecule has 0 aliphatic carbocycles. The molecule has 3 heteroatoms. The van der Waals surface area contributed by atoms with E-state index in [0.29, 0.717) is 6.04 Å². The number of hydrogen-bond acceptors (Lipinski definition) is 3. The van der Waals surface area contributed by atoms with E-state index < -0.39 is 0 Å². The minimum Gasteiger partial charge on any atom is -0.393 e. The summed E-state index contributed by atoms with van der Waals surface area (Å²) in [7, 11) is 2.17. The minimum atomic E-state index is -0.143. The molecule has 1 heterocycles. The van der Waals surface area contributed by atoms with Gasteiger partial charge in [-0.05, 0) is 46.2 Å². The van der Waals surface area contributed by atoms with Gasteiger partial charge in [-0.1, -0.05) is 0 Å². The van der Waals surface area contributed by atoms with Crippen molar-refractivity contribution < 1.29 is 9.84 Å². The molecule has 0 spiro atoms. The van der Waals surface area contributed by atoms with Crippen molar-refractivity contribution in [2.24, 2.45) is 0 Å². The number of aliphatic hydroxyl groups is 1. The van der Waals surface area contributed by atoms with Crippen LogP contribution in [0.15, 0.2) is 0 Å². The van der Waals surface area contributed by atoms with Crippen LogP contribution in [0.25, 0.3) is 0 Å². The topological polar surface area (TPSA) is 32.7 Å². The molecular weight excluding hydrogens is 178 g/mol. The molecule has 1 aliphatic rings. The van der Waals surface area contributed by atoms with Gasteiger partial charge in [0.25, 0.3) is 0 Å². The summed E-state index contributed by atoms with van der Waals surface area (Å²) >= 11 is 0. The standard InChI is InChI=1S/C11H23NO2/c1-10(13)5-3-4-7-12(2)11-6-8-14-9-11/h10-11,13H,3-9H2,1-2H3. The van der Waals surface area contributed by atoms with Gasteiger partial charge in [0.1, 0.15) is 0 Å². The number of rotatable bonds is 6. The Morgan fingerprint density at radius 3 is 2.86 bits per heavy atom. The molecule has 0 saturated carbocycles. The summed E-state index contributed by atoms with van der Waals surface area (Å²) < 4.78 is 5.34. The predicted molar refractivity (Wildman–Crippen MR) is 57.4 cm³/mol. The lowest BCUT2D eigenvalue weighted by molar-refractivity contribution is 0.154. The van der Waals surface area contributed by atoms with Crippen molar-refractivity contribution in [3.63, 3.8) is 0 Å². The van der Waals surface area contributed by atoms with Gasteiger partial charge in [0.2, 0.25) is 0 Å². The minimum absolute atomic E-state index is 0.143. The molecule has 0 aromatic heterocycles. The smallest absolute Gasteiger partial charge is 0.0622 e. The van der Waals surface area contributed by atoms with Gasteiger partial charge >= 0.3 is 0 Å². The molecule has 0 aromatic carbocycles. The molecule has 0 bridgehead atoms. The molecule has 1 aliphatic heterocycles. The highest BCUT2D eigenvalue weighted by Gasteiger charge is 2.19. The molecule has 1 saturated heterocycles. The van der Waals surface area contributed by atoms with Gasteiger partial charge in [0, 0.05) is 12.6 Å². The third-order valence-electron chi connectivity index (χ3n) is 2.91. The van der Waals surface area contributed by atoms with Crippen LogP contribution in [-0.2, 0) is 4.74 Å². The highest BCUT2D eigenvalue weighted by atomic mass is 16.5. The molecule has 1 N–H and O–H groups in total. The van der Waals surface area contributed by atoms with E-state index in [1.54, 1.807) is 0 Å². The van der Waals surface area contributed by atoms with E-state index in [2.05, 4.69) is 11.9 Å². The van der Waals surface area contributed by atoms with Crippen molar-refractivity contribution in [3.05, 3.63) is 0 Å². The van der Waals surface area contributed by atoms with E-state index in [9.17, 15) is 0 Å². The van der Waals surface area contributed by atoms with Crippen molar-refractivity contribution in [2.45, 2.75) is 44.8 Å². The van der Waals surface area contributed by atoms with Gasteiger partial charge in [-0.3, -0.25) is 0 Å². The molecule has 1 rings (SSSR count). The maximum absolute atomic E-state index is 9.10. The summed E-state index contributed by atoms with van der Waals surface area (Å²) in [6.07, 6.45) is 4.25. The van der Waals surface area contributed by atoms with Crippen LogP contribution < -0.4 is 0 Å². The first-order valence-corrected chi connectivity index (χ1v) is 5.66. The van der Waals surface area contributed by atoms with Crippen LogP contribution in [0.2, 0.25) is 0 Å². The third-order valence-corrected chi connectivity index (χ3v) is 2.91. The Morgan fingerprint density at radius 2 is 2.29 bits per heavy atom. The second kappa shape index (κ2) is 6.38. The Labute approximate surface area is 87.1 Å². The Hall–Kier alpha value is -0.120. The molecular formula is C11H23NO2. The maximum atomic E-state index is 9.10. The summed E-state index contributed by atoms with van der Waals surface area (Å²) in [4.78, 5) is 2.38. The van der Waals surface area contributed by atoms with Crippen molar-refractivity contribution in [1.29, 1.82) is 0 Å². The zero-order valence-corrected chi connectivity index (χ0v) is 9.41. The first-order chi connectivity index (χ1) is 6.70. The number of aliphatic hydroxyl groups excluding tert-OH is 1. The number of nitrogens with zero attached hydrogens (tertiary/aromatic N) is 1. The summed E-state index contributed by atoms with van der Waals surface area (Å²) in [5.41, 5.74) is 0. The monoisotopic (exact) mass is 201 g/mol. The van der Waals surface area contributed by atoms with E-state index in [4.69, 9.17) is 9.84 Å². The van der Waals surface area contributed by atoms with Crippen LogP contribution in [0.5, 0.6) is 0 Å². The quantitative estimate of drug-likeness (QED) is 0.657. The second-order valence-corrected chi connectivity index (χ2v) is 4.34. The zero-order chi connectivity index (χ0) is 10.4. The molecule has 2 atom stereocenters. The fourth-order valence-electron chi connectivity index (χ4n) is 1.85. The number of unbranched alkanes of at least 4 members (excludes halogenated alkanes) is 1. The second-order valence-electron chi connectivity index (χ2n) is 4.34. The van der Waals surface area contributed by atoms with Crippen molar-refractivity contribution >= 4 is 0 Å². The van der Waals surface area contributed by atoms with E-state index >= 15 is 0 Å². The van der Waals surface area contributed by atoms with Gasteiger partial charge in [0.05, 0.1) is 12.7 Å². The maximum Gasteiger partial charge on any atom is 0.0622 e. The molecule has 1 fully saturated rings. The van der Waals surface area contributed by atoms with E-state index in [1.165, 1.54) is 12.8 Å². The summed E-state index contributed by atoms with van der Waals surface area (Å²) in [5, 5.41) is 9.10. The zero-order valence-electron chi connectivity index (χ0n) is 9.41.